The van der Waals surface area contributed by atoms with Gasteiger partial charge in [0.05, 0.1) is 0 Å². The van der Waals surface area contributed by atoms with E-state index < -0.39 is 0 Å². The van der Waals surface area contributed by atoms with Gasteiger partial charge in [-0.2, -0.15) is 0 Å². The summed E-state index contributed by atoms with van der Waals surface area (Å²) in [5.74, 6) is 0. The Morgan fingerprint density at radius 3 is 2.56 bits per heavy atom. The first-order valence-corrected chi connectivity index (χ1v) is 7.70. The molecule has 0 radical (unpaired) electrons. The first-order valence-electron chi connectivity index (χ1n) is 6.91. The molecule has 0 spiro atoms. The highest BCUT2D eigenvalue weighted by Crippen LogP contribution is 2.30. The lowest BCUT2D eigenvalue weighted by Crippen LogP contribution is -2.32. The molecule has 0 saturated carbocycles. The van der Waals surface area contributed by atoms with Crippen LogP contribution < -0.4 is 5.32 Å². The fourth-order valence-corrected chi connectivity index (χ4v) is 2.95. The van der Waals surface area contributed by atoms with Crippen molar-refractivity contribution in [3.63, 3.8) is 0 Å². The van der Waals surface area contributed by atoms with Gasteiger partial charge in [0.25, 0.3) is 0 Å². The van der Waals surface area contributed by atoms with Crippen molar-refractivity contribution in [1.82, 2.24) is 5.32 Å². The quantitative estimate of drug-likeness (QED) is 0.763. The van der Waals surface area contributed by atoms with Gasteiger partial charge in [-0.1, -0.05) is 54.9 Å². The minimum Gasteiger partial charge on any atom is -0.314 e. The molecule has 1 rings (SSSR count). The molecule has 0 saturated heterocycles. The third-order valence-electron chi connectivity index (χ3n) is 3.23. The normalized spacial score (nSPS) is 13.6. The number of benzene rings is 1. The van der Waals surface area contributed by atoms with E-state index in [2.05, 4.69) is 73.2 Å². The lowest BCUT2D eigenvalue weighted by molar-refractivity contribution is 0.286. The summed E-state index contributed by atoms with van der Waals surface area (Å²) in [4.78, 5) is 0. The second-order valence-corrected chi connectivity index (χ2v) is 6.85. The molecule has 1 aromatic rings. The summed E-state index contributed by atoms with van der Waals surface area (Å²) in [6, 6.07) is 9.13. The Bertz CT molecular complexity index is 360. The van der Waals surface area contributed by atoms with E-state index in [1.807, 2.05) is 0 Å². The monoisotopic (exact) mass is 311 g/mol. The van der Waals surface area contributed by atoms with Gasteiger partial charge in [0, 0.05) is 10.5 Å². The number of nitrogens with one attached hydrogen (secondary N) is 1. The highest BCUT2D eigenvalue weighted by atomic mass is 79.9. The van der Waals surface area contributed by atoms with E-state index in [1.54, 1.807) is 0 Å². The van der Waals surface area contributed by atoms with Gasteiger partial charge in [-0.05, 0) is 49.8 Å². The van der Waals surface area contributed by atoms with E-state index in [0.29, 0.717) is 11.5 Å². The van der Waals surface area contributed by atoms with E-state index >= 15 is 0 Å². The van der Waals surface area contributed by atoms with Crippen LogP contribution in [0.2, 0.25) is 0 Å². The van der Waals surface area contributed by atoms with Crippen LogP contribution in [0.15, 0.2) is 28.7 Å². The van der Waals surface area contributed by atoms with Gasteiger partial charge in [-0.3, -0.25) is 0 Å². The molecule has 0 aromatic heterocycles. The number of halogens is 1. The summed E-state index contributed by atoms with van der Waals surface area (Å²) in [6.45, 7) is 10.3. The van der Waals surface area contributed by atoms with Crippen LogP contribution in [-0.4, -0.2) is 12.6 Å². The van der Waals surface area contributed by atoms with Gasteiger partial charge in [-0.25, -0.2) is 0 Å². The molecular weight excluding hydrogens is 286 g/mol. The molecule has 2 heteroatoms. The number of hydrogen-bond acceptors (Lipinski definition) is 1. The van der Waals surface area contributed by atoms with Crippen LogP contribution in [-0.2, 0) is 6.42 Å². The minimum absolute atomic E-state index is 0.323. The van der Waals surface area contributed by atoms with E-state index in [4.69, 9.17) is 0 Å². The Morgan fingerprint density at radius 1 is 1.28 bits per heavy atom. The largest absolute Gasteiger partial charge is 0.314 e. The maximum absolute atomic E-state index is 3.64. The maximum atomic E-state index is 3.64. The highest BCUT2D eigenvalue weighted by Gasteiger charge is 2.22. The SMILES string of the molecule is CCCNC(C)CC(C)(C)Cc1ccccc1Br. The number of rotatable bonds is 7. The van der Waals surface area contributed by atoms with Gasteiger partial charge in [-0.15, -0.1) is 0 Å². The van der Waals surface area contributed by atoms with Gasteiger partial charge < -0.3 is 5.32 Å². The standard InChI is InChI=1S/C16H26BrN/c1-5-10-18-13(2)11-16(3,4)12-14-8-6-7-9-15(14)17/h6-9,13,18H,5,10-12H2,1-4H3. The molecule has 0 aliphatic heterocycles. The van der Waals surface area contributed by atoms with Gasteiger partial charge in [0.1, 0.15) is 0 Å². The van der Waals surface area contributed by atoms with Crippen LogP contribution in [0.1, 0.15) is 46.1 Å². The van der Waals surface area contributed by atoms with Crippen LogP contribution in [0.4, 0.5) is 0 Å². The smallest absolute Gasteiger partial charge is 0.0207 e. The molecule has 0 heterocycles. The molecule has 1 unspecified atom stereocenters. The van der Waals surface area contributed by atoms with Crippen molar-refractivity contribution >= 4 is 15.9 Å². The summed E-state index contributed by atoms with van der Waals surface area (Å²) in [5, 5.41) is 3.58. The topological polar surface area (TPSA) is 12.0 Å². The lowest BCUT2D eigenvalue weighted by atomic mass is 9.80. The molecule has 0 amide bonds. The molecule has 18 heavy (non-hydrogen) atoms. The van der Waals surface area contributed by atoms with Crippen molar-refractivity contribution in [1.29, 1.82) is 0 Å². The summed E-state index contributed by atoms with van der Waals surface area (Å²) < 4.78 is 1.23. The van der Waals surface area contributed by atoms with Gasteiger partial charge in [0.2, 0.25) is 0 Å². The second-order valence-electron chi connectivity index (χ2n) is 5.99. The van der Waals surface area contributed by atoms with Gasteiger partial charge in [0.15, 0.2) is 0 Å². The Balaban J connectivity index is 2.56. The van der Waals surface area contributed by atoms with Crippen LogP contribution in [0.25, 0.3) is 0 Å². The average Bonchev–Trinajstić information content (AvgIpc) is 2.28. The molecule has 0 aliphatic rings. The highest BCUT2D eigenvalue weighted by molar-refractivity contribution is 9.10. The summed E-state index contributed by atoms with van der Waals surface area (Å²) in [7, 11) is 0. The van der Waals surface area contributed by atoms with Crippen molar-refractivity contribution in [2.75, 3.05) is 6.54 Å². The van der Waals surface area contributed by atoms with E-state index in [0.717, 1.165) is 13.0 Å². The van der Waals surface area contributed by atoms with Crippen LogP contribution in [0.5, 0.6) is 0 Å². The molecule has 1 atom stereocenters. The Kier molecular flexibility index (Phi) is 6.37. The van der Waals surface area contributed by atoms with Crippen LogP contribution >= 0.6 is 15.9 Å². The van der Waals surface area contributed by atoms with Crippen LogP contribution in [0, 0.1) is 5.41 Å². The van der Waals surface area contributed by atoms with Crippen molar-refractivity contribution in [3.8, 4) is 0 Å². The zero-order valence-electron chi connectivity index (χ0n) is 12.1. The Hall–Kier alpha value is -0.340. The maximum Gasteiger partial charge on any atom is 0.0207 e. The van der Waals surface area contributed by atoms with E-state index in [1.165, 1.54) is 22.9 Å². The Labute approximate surface area is 120 Å². The fourth-order valence-electron chi connectivity index (χ4n) is 2.52. The predicted molar refractivity (Wildman–Crippen MR) is 84.0 cm³/mol. The zero-order chi connectivity index (χ0) is 13.6. The van der Waals surface area contributed by atoms with Crippen molar-refractivity contribution in [2.45, 2.75) is 53.0 Å². The van der Waals surface area contributed by atoms with E-state index in [-0.39, 0.29) is 0 Å². The average molecular weight is 312 g/mol. The summed E-state index contributed by atoms with van der Waals surface area (Å²) >= 11 is 3.64. The molecule has 0 aliphatic carbocycles. The first kappa shape index (κ1) is 15.7. The molecule has 1 aromatic carbocycles. The lowest BCUT2D eigenvalue weighted by Gasteiger charge is -2.29. The van der Waals surface area contributed by atoms with Crippen LogP contribution in [0.3, 0.4) is 0 Å². The van der Waals surface area contributed by atoms with E-state index in [9.17, 15) is 0 Å². The third-order valence-corrected chi connectivity index (χ3v) is 4.00. The molecule has 1 nitrogen and oxygen atoms in total. The van der Waals surface area contributed by atoms with Crippen molar-refractivity contribution < 1.29 is 0 Å². The second kappa shape index (κ2) is 7.30. The Morgan fingerprint density at radius 2 is 1.94 bits per heavy atom. The summed E-state index contributed by atoms with van der Waals surface area (Å²) in [6.07, 6.45) is 3.52. The number of hydrogen-bond donors (Lipinski definition) is 1. The molecule has 102 valence electrons. The predicted octanol–water partition coefficient (Wildman–Crippen LogP) is 4.80. The zero-order valence-corrected chi connectivity index (χ0v) is 13.7. The minimum atomic E-state index is 0.323. The van der Waals surface area contributed by atoms with Gasteiger partial charge >= 0.3 is 0 Å². The fraction of sp³-hybridized carbons (Fsp3) is 0.625. The van der Waals surface area contributed by atoms with Crippen molar-refractivity contribution in [3.05, 3.63) is 34.3 Å². The first-order chi connectivity index (χ1) is 8.44. The molecule has 0 fully saturated rings. The summed E-state index contributed by atoms with van der Waals surface area (Å²) in [5.41, 5.74) is 1.73. The molecule has 1 N–H and O–H groups in total. The van der Waals surface area contributed by atoms with Crippen molar-refractivity contribution in [2.24, 2.45) is 5.41 Å². The third kappa shape index (κ3) is 5.53. The molecular formula is C16H26BrN. The molecule has 0 bridgehead atoms.